The summed E-state index contributed by atoms with van der Waals surface area (Å²) in [5, 5.41) is 0.634. The Kier molecular flexibility index (Phi) is 5.39. The lowest BCUT2D eigenvalue weighted by atomic mass is 10.0. The normalized spacial score (nSPS) is 22.6. The third-order valence-corrected chi connectivity index (χ3v) is 4.48. The van der Waals surface area contributed by atoms with Crippen LogP contribution in [0.2, 0.25) is 10.0 Å². The predicted molar refractivity (Wildman–Crippen MR) is 91.4 cm³/mol. The fraction of sp³-hybridized carbons (Fsp3) is 0.222. The summed E-state index contributed by atoms with van der Waals surface area (Å²) in [7, 11) is 1.13. The Morgan fingerprint density at radius 2 is 1.60 bits per heavy atom. The van der Waals surface area contributed by atoms with Crippen molar-refractivity contribution in [2.45, 2.75) is 18.5 Å². The molecule has 0 bridgehead atoms. The number of Topliss-reactive ketones (excluding diaryl/α,β-unsaturated/α-hetero) is 1. The molecule has 1 saturated heterocycles. The van der Waals surface area contributed by atoms with Crippen LogP contribution in [0.3, 0.4) is 0 Å². The van der Waals surface area contributed by atoms with Crippen molar-refractivity contribution >= 4 is 35.0 Å². The number of ether oxygens (including phenoxy) is 3. The third-order valence-electron chi connectivity index (χ3n) is 3.82. The van der Waals surface area contributed by atoms with Crippen LogP contribution >= 0.6 is 23.2 Å². The number of carbonyl (C=O) groups excluding carboxylic acids is 2. The predicted octanol–water partition coefficient (Wildman–Crippen LogP) is 3.89. The van der Waals surface area contributed by atoms with Gasteiger partial charge in [-0.2, -0.15) is 0 Å². The number of ketones is 1. The minimum Gasteiger partial charge on any atom is -0.463 e. The maximum atomic E-state index is 12.4. The van der Waals surface area contributed by atoms with Gasteiger partial charge in [-0.15, -0.1) is 0 Å². The molecular weight excluding hydrogens is 367 g/mol. The van der Waals surface area contributed by atoms with Crippen molar-refractivity contribution < 1.29 is 23.8 Å². The molecule has 130 valence electrons. The van der Waals surface area contributed by atoms with Gasteiger partial charge in [-0.1, -0.05) is 59.6 Å². The van der Waals surface area contributed by atoms with Crippen molar-refractivity contribution in [2.24, 2.45) is 0 Å². The highest BCUT2D eigenvalue weighted by Gasteiger charge is 2.46. The molecule has 2 aromatic rings. The number of halogens is 2. The third kappa shape index (κ3) is 3.55. The summed E-state index contributed by atoms with van der Waals surface area (Å²) in [5.41, 5.74) is 1.10. The number of esters is 1. The molecule has 3 rings (SSSR count). The van der Waals surface area contributed by atoms with Crippen LogP contribution in [0.1, 0.15) is 23.5 Å². The second-order valence-corrected chi connectivity index (χ2v) is 6.16. The molecule has 25 heavy (non-hydrogen) atoms. The second-order valence-electron chi connectivity index (χ2n) is 5.35. The standard InChI is InChI=1S/C18H14Cl2O5/c1-23-17(22)14(21)16-15(13-11(19)8-5-9-12(13)20)24-18(25-16)10-6-3-2-4-7-10/h2-9,15-16,18H,1H3/t15-,16-,18?/m0/s1. The fourth-order valence-corrected chi connectivity index (χ4v) is 3.24. The number of hydrogen-bond acceptors (Lipinski definition) is 5. The molecular formula is C18H14Cl2O5. The monoisotopic (exact) mass is 380 g/mol. The van der Waals surface area contributed by atoms with Crippen molar-refractivity contribution in [3.05, 3.63) is 69.7 Å². The first kappa shape index (κ1) is 17.9. The summed E-state index contributed by atoms with van der Waals surface area (Å²) in [6, 6.07) is 14.0. The van der Waals surface area contributed by atoms with Crippen molar-refractivity contribution in [3.63, 3.8) is 0 Å². The number of methoxy groups -OCH3 is 1. The molecule has 0 aromatic heterocycles. The Balaban J connectivity index is 2.00. The van der Waals surface area contributed by atoms with E-state index in [-0.39, 0.29) is 0 Å². The summed E-state index contributed by atoms with van der Waals surface area (Å²) >= 11 is 12.5. The summed E-state index contributed by atoms with van der Waals surface area (Å²) in [4.78, 5) is 24.1. The summed E-state index contributed by atoms with van der Waals surface area (Å²) in [6.45, 7) is 0. The van der Waals surface area contributed by atoms with Gasteiger partial charge in [-0.05, 0) is 12.1 Å². The van der Waals surface area contributed by atoms with Crippen LogP contribution in [-0.4, -0.2) is 25.0 Å². The zero-order valence-electron chi connectivity index (χ0n) is 13.1. The fourth-order valence-electron chi connectivity index (χ4n) is 2.63. The minimum atomic E-state index is -1.21. The van der Waals surface area contributed by atoms with Gasteiger partial charge in [0.15, 0.2) is 12.4 Å². The summed E-state index contributed by atoms with van der Waals surface area (Å²) in [6.07, 6.45) is -2.98. The number of hydrogen-bond donors (Lipinski definition) is 0. The maximum absolute atomic E-state index is 12.4. The Morgan fingerprint density at radius 1 is 0.960 bits per heavy atom. The molecule has 0 aliphatic carbocycles. The van der Waals surface area contributed by atoms with Gasteiger partial charge < -0.3 is 14.2 Å². The van der Waals surface area contributed by atoms with E-state index in [9.17, 15) is 9.59 Å². The second kappa shape index (κ2) is 7.54. The Labute approximate surface area is 154 Å². The number of rotatable bonds is 4. The molecule has 5 nitrogen and oxygen atoms in total. The lowest BCUT2D eigenvalue weighted by Crippen LogP contribution is -2.33. The Hall–Kier alpha value is -1.92. The van der Waals surface area contributed by atoms with E-state index in [0.29, 0.717) is 21.2 Å². The molecule has 7 heteroatoms. The highest BCUT2D eigenvalue weighted by molar-refractivity contribution is 6.37. The molecule has 1 heterocycles. The SMILES string of the molecule is COC(=O)C(=O)[C@@H]1OC(c2ccccc2)O[C@H]1c1c(Cl)cccc1Cl. The van der Waals surface area contributed by atoms with Crippen LogP contribution in [0.4, 0.5) is 0 Å². The van der Waals surface area contributed by atoms with Crippen molar-refractivity contribution in [1.82, 2.24) is 0 Å². The van der Waals surface area contributed by atoms with E-state index in [0.717, 1.165) is 7.11 Å². The van der Waals surface area contributed by atoms with Gasteiger partial charge in [-0.25, -0.2) is 4.79 Å². The van der Waals surface area contributed by atoms with E-state index in [2.05, 4.69) is 4.74 Å². The van der Waals surface area contributed by atoms with Gasteiger partial charge >= 0.3 is 5.97 Å². The molecule has 1 unspecified atom stereocenters. The van der Waals surface area contributed by atoms with Gasteiger partial charge in [0.05, 0.1) is 7.11 Å². The molecule has 0 N–H and O–H groups in total. The van der Waals surface area contributed by atoms with Crippen LogP contribution < -0.4 is 0 Å². The van der Waals surface area contributed by atoms with Gasteiger partial charge in [-0.3, -0.25) is 4.79 Å². The zero-order chi connectivity index (χ0) is 18.0. The molecule has 1 fully saturated rings. The first-order valence-electron chi connectivity index (χ1n) is 7.45. The molecule has 0 saturated carbocycles. The zero-order valence-corrected chi connectivity index (χ0v) is 14.7. The molecule has 0 amide bonds. The topological polar surface area (TPSA) is 61.8 Å². The summed E-state index contributed by atoms with van der Waals surface area (Å²) < 4.78 is 16.1. The van der Waals surface area contributed by atoms with Crippen LogP contribution in [0.5, 0.6) is 0 Å². The Bertz CT molecular complexity index is 773. The van der Waals surface area contributed by atoms with Gasteiger partial charge in [0, 0.05) is 21.2 Å². The first-order valence-corrected chi connectivity index (χ1v) is 8.20. The molecule has 0 spiro atoms. The molecule has 0 radical (unpaired) electrons. The largest absolute Gasteiger partial charge is 0.463 e. The Morgan fingerprint density at radius 3 is 2.20 bits per heavy atom. The molecule has 3 atom stereocenters. The van der Waals surface area contributed by atoms with Crippen molar-refractivity contribution in [2.75, 3.05) is 7.11 Å². The van der Waals surface area contributed by atoms with E-state index in [4.69, 9.17) is 32.7 Å². The molecule has 1 aliphatic rings. The molecule has 2 aromatic carbocycles. The van der Waals surface area contributed by atoms with E-state index >= 15 is 0 Å². The molecule has 1 aliphatic heterocycles. The highest BCUT2D eigenvalue weighted by atomic mass is 35.5. The van der Waals surface area contributed by atoms with Gasteiger partial charge in [0.2, 0.25) is 0 Å². The van der Waals surface area contributed by atoms with Crippen LogP contribution in [0, 0.1) is 0 Å². The minimum absolute atomic E-state index is 0.317. The quantitative estimate of drug-likeness (QED) is 0.594. The van der Waals surface area contributed by atoms with Crippen molar-refractivity contribution in [1.29, 1.82) is 0 Å². The highest BCUT2D eigenvalue weighted by Crippen LogP contribution is 2.44. The lowest BCUT2D eigenvalue weighted by Gasteiger charge is -2.17. The lowest BCUT2D eigenvalue weighted by molar-refractivity contribution is -0.157. The number of benzene rings is 2. The van der Waals surface area contributed by atoms with Gasteiger partial charge in [0.1, 0.15) is 6.10 Å². The first-order chi connectivity index (χ1) is 12.0. The average Bonchev–Trinajstić information content (AvgIpc) is 3.06. The van der Waals surface area contributed by atoms with Crippen molar-refractivity contribution in [3.8, 4) is 0 Å². The van der Waals surface area contributed by atoms with E-state index in [1.807, 2.05) is 18.2 Å². The van der Waals surface area contributed by atoms with Crippen LogP contribution in [0.15, 0.2) is 48.5 Å². The number of carbonyl (C=O) groups is 2. The van der Waals surface area contributed by atoms with Crippen LogP contribution in [-0.2, 0) is 23.8 Å². The average molecular weight is 381 g/mol. The summed E-state index contributed by atoms with van der Waals surface area (Å²) in [5.74, 6) is -1.88. The smallest absolute Gasteiger partial charge is 0.377 e. The maximum Gasteiger partial charge on any atom is 0.377 e. The van der Waals surface area contributed by atoms with Gasteiger partial charge in [0.25, 0.3) is 5.78 Å². The van der Waals surface area contributed by atoms with E-state index < -0.39 is 30.3 Å². The van der Waals surface area contributed by atoms with E-state index in [1.54, 1.807) is 30.3 Å². The van der Waals surface area contributed by atoms with E-state index in [1.165, 1.54) is 0 Å². The van der Waals surface area contributed by atoms with Crippen LogP contribution in [0.25, 0.3) is 0 Å².